The second-order valence-corrected chi connectivity index (χ2v) is 3.78. The summed E-state index contributed by atoms with van der Waals surface area (Å²) in [5.74, 6) is 1.21. The number of aromatic nitrogens is 2. The van der Waals surface area contributed by atoms with E-state index in [0.29, 0.717) is 11.8 Å². The molecule has 1 aromatic rings. The van der Waals surface area contributed by atoms with Crippen molar-refractivity contribution in [2.24, 2.45) is 0 Å². The summed E-state index contributed by atoms with van der Waals surface area (Å²) in [6.07, 6.45) is 0. The third-order valence-electron chi connectivity index (χ3n) is 1.43. The molecule has 0 atom stereocenters. The van der Waals surface area contributed by atoms with Gasteiger partial charge in [-0.2, -0.15) is 4.98 Å². The van der Waals surface area contributed by atoms with E-state index in [9.17, 15) is 0 Å². The highest BCUT2D eigenvalue weighted by molar-refractivity contribution is 14.1. The molecule has 1 rings (SSSR count). The summed E-state index contributed by atoms with van der Waals surface area (Å²) in [7, 11) is 3.78. The highest BCUT2D eigenvalue weighted by atomic mass is 127. The van der Waals surface area contributed by atoms with Gasteiger partial charge < -0.3 is 10.6 Å². The van der Waals surface area contributed by atoms with Crippen LogP contribution >= 0.6 is 22.6 Å². The van der Waals surface area contributed by atoms with Crippen LogP contribution in [0.3, 0.4) is 0 Å². The number of nitrogen functional groups attached to an aromatic ring is 1. The Kier molecular flexibility index (Phi) is 2.71. The molecule has 5 heteroatoms. The van der Waals surface area contributed by atoms with Gasteiger partial charge in [-0.25, -0.2) is 4.98 Å². The number of hydrogen-bond donors (Lipinski definition) is 1. The van der Waals surface area contributed by atoms with Crippen molar-refractivity contribution < 1.29 is 0 Å². The summed E-state index contributed by atoms with van der Waals surface area (Å²) in [6.45, 7) is 1.92. The lowest BCUT2D eigenvalue weighted by Crippen LogP contribution is -2.15. The number of rotatable bonds is 1. The predicted octanol–water partition coefficient (Wildman–Crippen LogP) is 1.04. The topological polar surface area (TPSA) is 55.0 Å². The van der Waals surface area contributed by atoms with Gasteiger partial charge >= 0.3 is 0 Å². The Balaban J connectivity index is 3.21. The molecule has 0 amide bonds. The molecule has 0 radical (unpaired) electrons. The fourth-order valence-corrected chi connectivity index (χ4v) is 1.01. The summed E-state index contributed by atoms with van der Waals surface area (Å²) in [6, 6.07) is 0. The monoisotopic (exact) mass is 278 g/mol. The van der Waals surface area contributed by atoms with Crippen molar-refractivity contribution in [1.82, 2.24) is 9.97 Å². The quantitative estimate of drug-likeness (QED) is 0.780. The number of hydrogen-bond acceptors (Lipinski definition) is 4. The molecule has 12 heavy (non-hydrogen) atoms. The molecule has 4 nitrogen and oxygen atoms in total. The first-order valence-electron chi connectivity index (χ1n) is 3.49. The molecule has 1 heterocycles. The van der Waals surface area contributed by atoms with E-state index in [1.807, 2.05) is 25.9 Å². The molecule has 0 aliphatic carbocycles. The molecular formula is C7H11IN4. The maximum absolute atomic E-state index is 5.67. The van der Waals surface area contributed by atoms with Crippen molar-refractivity contribution in [2.45, 2.75) is 6.92 Å². The van der Waals surface area contributed by atoms with E-state index in [0.717, 1.165) is 9.26 Å². The van der Waals surface area contributed by atoms with Gasteiger partial charge in [0.25, 0.3) is 0 Å². The van der Waals surface area contributed by atoms with Crippen LogP contribution in [0.15, 0.2) is 0 Å². The standard InChI is InChI=1S/C7H11IN4/c1-4-5(8)6(9)11-7(10-4)12(2)3/h1-3H3,(H2,9,10,11). The van der Waals surface area contributed by atoms with Gasteiger partial charge in [-0.05, 0) is 29.5 Å². The third-order valence-corrected chi connectivity index (χ3v) is 2.76. The second-order valence-electron chi connectivity index (χ2n) is 2.70. The van der Waals surface area contributed by atoms with Gasteiger partial charge in [0.2, 0.25) is 5.95 Å². The highest BCUT2D eigenvalue weighted by Crippen LogP contribution is 2.17. The van der Waals surface area contributed by atoms with Crippen LogP contribution in [-0.4, -0.2) is 24.1 Å². The Morgan fingerprint density at radius 3 is 2.33 bits per heavy atom. The molecule has 0 spiro atoms. The Bertz CT molecular complexity index is 274. The lowest BCUT2D eigenvalue weighted by molar-refractivity contribution is 0.975. The molecule has 0 aliphatic heterocycles. The van der Waals surface area contributed by atoms with E-state index < -0.39 is 0 Å². The highest BCUT2D eigenvalue weighted by Gasteiger charge is 2.06. The van der Waals surface area contributed by atoms with Gasteiger partial charge in [-0.1, -0.05) is 0 Å². The van der Waals surface area contributed by atoms with Crippen LogP contribution in [0.4, 0.5) is 11.8 Å². The summed E-state index contributed by atoms with van der Waals surface area (Å²) >= 11 is 2.14. The minimum Gasteiger partial charge on any atom is -0.383 e. The molecule has 0 aromatic carbocycles. The van der Waals surface area contributed by atoms with Crippen LogP contribution in [-0.2, 0) is 0 Å². The average molecular weight is 278 g/mol. The van der Waals surface area contributed by atoms with Gasteiger partial charge in [0.15, 0.2) is 0 Å². The van der Waals surface area contributed by atoms with Gasteiger partial charge in [0.05, 0.1) is 9.26 Å². The second kappa shape index (κ2) is 3.42. The van der Waals surface area contributed by atoms with Gasteiger partial charge in [-0.15, -0.1) is 0 Å². The summed E-state index contributed by atoms with van der Waals surface area (Å²) in [5.41, 5.74) is 6.60. The van der Waals surface area contributed by atoms with Crippen LogP contribution in [0.5, 0.6) is 0 Å². The van der Waals surface area contributed by atoms with Crippen molar-refractivity contribution in [3.8, 4) is 0 Å². The average Bonchev–Trinajstić information content (AvgIpc) is 1.99. The summed E-state index contributed by atoms with van der Waals surface area (Å²) in [4.78, 5) is 10.2. The first kappa shape index (κ1) is 9.50. The molecule has 0 saturated carbocycles. The maximum Gasteiger partial charge on any atom is 0.227 e. The first-order valence-corrected chi connectivity index (χ1v) is 4.57. The van der Waals surface area contributed by atoms with E-state index in [2.05, 4.69) is 32.6 Å². The van der Waals surface area contributed by atoms with E-state index in [1.54, 1.807) is 0 Å². The minimum atomic E-state index is 0.548. The predicted molar refractivity (Wildman–Crippen MR) is 58.2 cm³/mol. The van der Waals surface area contributed by atoms with Crippen molar-refractivity contribution in [1.29, 1.82) is 0 Å². The normalized spacial score (nSPS) is 10.0. The Labute approximate surface area is 85.3 Å². The van der Waals surface area contributed by atoms with E-state index in [-0.39, 0.29) is 0 Å². The zero-order valence-electron chi connectivity index (χ0n) is 7.30. The fraction of sp³-hybridized carbons (Fsp3) is 0.429. The Morgan fingerprint density at radius 2 is 1.92 bits per heavy atom. The molecule has 0 saturated heterocycles. The van der Waals surface area contributed by atoms with Crippen LogP contribution < -0.4 is 10.6 Å². The van der Waals surface area contributed by atoms with E-state index in [1.165, 1.54) is 0 Å². The summed E-state index contributed by atoms with van der Waals surface area (Å²) in [5, 5.41) is 0. The van der Waals surface area contributed by atoms with E-state index in [4.69, 9.17) is 5.73 Å². The van der Waals surface area contributed by atoms with E-state index >= 15 is 0 Å². The van der Waals surface area contributed by atoms with Crippen molar-refractivity contribution in [2.75, 3.05) is 24.7 Å². The number of nitrogens with two attached hydrogens (primary N) is 1. The molecule has 2 N–H and O–H groups in total. The lowest BCUT2D eigenvalue weighted by atomic mass is 10.4. The summed E-state index contributed by atoms with van der Waals surface area (Å²) < 4.78 is 0.929. The molecule has 0 unspecified atom stereocenters. The van der Waals surface area contributed by atoms with Crippen molar-refractivity contribution >= 4 is 34.4 Å². The van der Waals surface area contributed by atoms with Gasteiger partial charge in [0, 0.05) is 14.1 Å². The largest absolute Gasteiger partial charge is 0.383 e. The lowest BCUT2D eigenvalue weighted by Gasteiger charge is -2.11. The molecule has 0 bridgehead atoms. The number of halogens is 1. The van der Waals surface area contributed by atoms with Crippen molar-refractivity contribution in [3.63, 3.8) is 0 Å². The minimum absolute atomic E-state index is 0.548. The number of anilines is 2. The van der Waals surface area contributed by atoms with Crippen LogP contribution in [0.2, 0.25) is 0 Å². The molecule has 1 aromatic heterocycles. The number of aryl methyl sites for hydroxylation is 1. The van der Waals surface area contributed by atoms with Crippen LogP contribution in [0.25, 0.3) is 0 Å². The van der Waals surface area contributed by atoms with Crippen LogP contribution in [0.1, 0.15) is 5.69 Å². The van der Waals surface area contributed by atoms with Crippen LogP contribution in [0, 0.1) is 10.5 Å². The van der Waals surface area contributed by atoms with Gasteiger partial charge in [0.1, 0.15) is 5.82 Å². The third kappa shape index (κ3) is 1.77. The maximum atomic E-state index is 5.67. The molecule has 0 aliphatic rings. The van der Waals surface area contributed by atoms with Crippen molar-refractivity contribution in [3.05, 3.63) is 9.26 Å². The zero-order valence-corrected chi connectivity index (χ0v) is 9.45. The number of nitrogens with zero attached hydrogens (tertiary/aromatic N) is 3. The first-order chi connectivity index (χ1) is 5.52. The van der Waals surface area contributed by atoms with Gasteiger partial charge in [-0.3, -0.25) is 0 Å². The molecule has 66 valence electrons. The molecular weight excluding hydrogens is 267 g/mol. The Morgan fingerprint density at radius 1 is 1.33 bits per heavy atom. The SMILES string of the molecule is Cc1nc(N(C)C)nc(N)c1I. The smallest absolute Gasteiger partial charge is 0.227 e. The molecule has 0 fully saturated rings. The zero-order chi connectivity index (χ0) is 9.30. The Hall–Kier alpha value is -0.590. The fourth-order valence-electron chi connectivity index (χ4n) is 0.766.